The zero-order valence-electron chi connectivity index (χ0n) is 22.0. The first-order valence-corrected chi connectivity index (χ1v) is 13.5. The minimum Gasteiger partial charge on any atom is -0.494 e. The molecule has 0 unspecified atom stereocenters. The van der Waals surface area contributed by atoms with Crippen LogP contribution in [0.1, 0.15) is 48.5 Å². The number of ether oxygens (including phenoxy) is 2. The highest BCUT2D eigenvalue weighted by atomic mass is 32.1. The van der Waals surface area contributed by atoms with Crippen molar-refractivity contribution in [1.82, 2.24) is 4.57 Å². The Bertz CT molecular complexity index is 1790. The molecule has 0 fully saturated rings. The summed E-state index contributed by atoms with van der Waals surface area (Å²) in [5.41, 5.74) is 2.07. The van der Waals surface area contributed by atoms with Crippen LogP contribution in [0.15, 0.2) is 86.1 Å². The maximum Gasteiger partial charge on any atom is 0.338 e. The maximum atomic E-state index is 13.8. The van der Waals surface area contributed by atoms with E-state index in [1.165, 1.54) is 28.0 Å². The van der Waals surface area contributed by atoms with Crippen molar-refractivity contribution >= 4 is 29.4 Å². The number of thiazole rings is 1. The van der Waals surface area contributed by atoms with Gasteiger partial charge in [-0.15, -0.1) is 0 Å². The number of esters is 1. The average molecular weight is 559 g/mol. The van der Waals surface area contributed by atoms with E-state index in [1.807, 2.05) is 19.1 Å². The molecule has 4 aromatic rings. The van der Waals surface area contributed by atoms with Crippen LogP contribution in [0.25, 0.3) is 17.4 Å². The molecule has 1 aliphatic rings. The van der Waals surface area contributed by atoms with Gasteiger partial charge in [0, 0.05) is 11.6 Å². The monoisotopic (exact) mass is 558 g/mol. The van der Waals surface area contributed by atoms with Gasteiger partial charge in [0.1, 0.15) is 17.3 Å². The lowest BCUT2D eigenvalue weighted by Crippen LogP contribution is -2.39. The Morgan fingerprint density at radius 3 is 2.42 bits per heavy atom. The number of allylic oxidation sites excluding steroid dienone is 1. The SMILES string of the molecule is CCOC(=O)C1=C(C)N=c2s/c(=C\c3ccc(-c4ccc(C(=O)O)cc4)o3)c(=O)n2[C@@H]1c1ccc(OCC)cc1. The van der Waals surface area contributed by atoms with Crippen LogP contribution in [0.2, 0.25) is 0 Å². The minimum atomic E-state index is -1.01. The zero-order chi connectivity index (χ0) is 28.4. The summed E-state index contributed by atoms with van der Waals surface area (Å²) in [6.07, 6.45) is 1.64. The number of carbonyl (C=O) groups is 2. The lowest BCUT2D eigenvalue weighted by atomic mass is 9.96. The molecule has 0 saturated carbocycles. The zero-order valence-corrected chi connectivity index (χ0v) is 22.9. The number of aromatic carboxylic acids is 1. The molecule has 5 rings (SSSR count). The molecule has 3 heterocycles. The van der Waals surface area contributed by atoms with Gasteiger partial charge in [-0.1, -0.05) is 35.6 Å². The Hall–Kier alpha value is -4.70. The number of carbonyl (C=O) groups excluding carboxylic acids is 1. The first-order valence-electron chi connectivity index (χ1n) is 12.7. The van der Waals surface area contributed by atoms with E-state index in [1.54, 1.807) is 56.3 Å². The molecule has 9 nitrogen and oxygen atoms in total. The van der Waals surface area contributed by atoms with Crippen molar-refractivity contribution in [3.8, 4) is 17.1 Å². The van der Waals surface area contributed by atoms with Gasteiger partial charge in [-0.05, 0) is 62.7 Å². The number of nitrogens with zero attached hydrogens (tertiary/aromatic N) is 2. The highest BCUT2D eigenvalue weighted by molar-refractivity contribution is 7.07. The van der Waals surface area contributed by atoms with Gasteiger partial charge >= 0.3 is 11.9 Å². The second-order valence-corrected chi connectivity index (χ2v) is 9.90. The van der Waals surface area contributed by atoms with Crippen molar-refractivity contribution in [3.63, 3.8) is 0 Å². The lowest BCUT2D eigenvalue weighted by molar-refractivity contribution is -0.139. The Labute approximate surface area is 232 Å². The fourth-order valence-electron chi connectivity index (χ4n) is 4.51. The van der Waals surface area contributed by atoms with Crippen LogP contribution < -0.4 is 19.6 Å². The lowest BCUT2D eigenvalue weighted by Gasteiger charge is -2.24. The predicted molar refractivity (Wildman–Crippen MR) is 149 cm³/mol. The third-order valence-corrected chi connectivity index (χ3v) is 7.32. The summed E-state index contributed by atoms with van der Waals surface area (Å²) in [7, 11) is 0. The molecular weight excluding hydrogens is 532 g/mol. The molecule has 1 atom stereocenters. The van der Waals surface area contributed by atoms with Gasteiger partial charge in [0.15, 0.2) is 4.80 Å². The number of aromatic nitrogens is 1. The van der Waals surface area contributed by atoms with Crippen molar-refractivity contribution in [1.29, 1.82) is 0 Å². The Morgan fingerprint density at radius 1 is 1.05 bits per heavy atom. The normalized spacial score (nSPS) is 15.0. The van der Waals surface area contributed by atoms with E-state index in [0.717, 1.165) is 5.56 Å². The number of rotatable bonds is 8. The molecular formula is C30H26N2O7S. The number of furan rings is 1. The average Bonchev–Trinajstić information content (AvgIpc) is 3.53. The van der Waals surface area contributed by atoms with Gasteiger partial charge in [-0.3, -0.25) is 9.36 Å². The molecule has 40 heavy (non-hydrogen) atoms. The van der Waals surface area contributed by atoms with Gasteiger partial charge in [-0.2, -0.15) is 0 Å². The summed E-state index contributed by atoms with van der Waals surface area (Å²) in [4.78, 5) is 43.0. The molecule has 1 N–H and O–H groups in total. The van der Waals surface area contributed by atoms with E-state index in [4.69, 9.17) is 19.0 Å². The number of carboxylic acid groups (broad SMARTS) is 1. The molecule has 0 amide bonds. The molecule has 2 aromatic carbocycles. The fourth-order valence-corrected chi connectivity index (χ4v) is 5.54. The van der Waals surface area contributed by atoms with E-state index >= 15 is 0 Å². The van der Waals surface area contributed by atoms with E-state index in [9.17, 15) is 14.4 Å². The number of hydrogen-bond donors (Lipinski definition) is 1. The molecule has 2 aromatic heterocycles. The van der Waals surface area contributed by atoms with E-state index in [0.29, 0.717) is 50.0 Å². The van der Waals surface area contributed by atoms with Gasteiger partial charge in [-0.25, -0.2) is 14.6 Å². The van der Waals surface area contributed by atoms with Crippen LogP contribution in [0.5, 0.6) is 5.75 Å². The summed E-state index contributed by atoms with van der Waals surface area (Å²) in [6, 6.07) is 16.4. The van der Waals surface area contributed by atoms with Crippen LogP contribution in [-0.2, 0) is 9.53 Å². The second-order valence-electron chi connectivity index (χ2n) is 8.89. The van der Waals surface area contributed by atoms with Crippen molar-refractivity contribution in [2.75, 3.05) is 13.2 Å². The van der Waals surface area contributed by atoms with Gasteiger partial charge < -0.3 is 19.0 Å². The molecule has 0 saturated heterocycles. The van der Waals surface area contributed by atoms with Crippen LogP contribution in [0.4, 0.5) is 0 Å². The van der Waals surface area contributed by atoms with Gasteiger partial charge in [0.2, 0.25) is 0 Å². The molecule has 0 radical (unpaired) electrons. The minimum absolute atomic E-state index is 0.177. The number of carboxylic acids is 1. The van der Waals surface area contributed by atoms with E-state index in [2.05, 4.69) is 4.99 Å². The maximum absolute atomic E-state index is 13.8. The number of fused-ring (bicyclic) bond motifs is 1. The Morgan fingerprint density at radius 2 is 1.77 bits per heavy atom. The molecule has 10 heteroatoms. The second kappa shape index (κ2) is 11.2. The fraction of sp³-hybridized carbons (Fsp3) is 0.200. The van der Waals surface area contributed by atoms with Crippen LogP contribution >= 0.6 is 11.3 Å². The summed E-state index contributed by atoms with van der Waals surface area (Å²) < 4.78 is 18.8. The summed E-state index contributed by atoms with van der Waals surface area (Å²) in [5.74, 6) is 0.127. The quantitative estimate of drug-likeness (QED) is 0.323. The summed E-state index contributed by atoms with van der Waals surface area (Å²) in [5, 5.41) is 9.12. The van der Waals surface area contributed by atoms with E-state index < -0.39 is 18.0 Å². The van der Waals surface area contributed by atoms with Crippen molar-refractivity contribution in [2.45, 2.75) is 26.8 Å². The standard InChI is InChI=1S/C30H26N2O7S/c1-4-37-21-12-10-19(11-13-21)26-25(29(36)38-5-2)17(3)31-30-32(26)27(33)24(40-30)16-22-14-15-23(39-22)18-6-8-20(9-7-18)28(34)35/h6-16,26H,4-5H2,1-3H3,(H,34,35)/b24-16-/t26-/m1/s1. The van der Waals surface area contributed by atoms with Crippen molar-refractivity contribution < 1.29 is 28.6 Å². The highest BCUT2D eigenvalue weighted by Gasteiger charge is 2.33. The van der Waals surface area contributed by atoms with E-state index in [-0.39, 0.29) is 17.7 Å². The van der Waals surface area contributed by atoms with Gasteiger partial charge in [0.25, 0.3) is 5.56 Å². The molecule has 0 bridgehead atoms. The molecule has 1 aliphatic heterocycles. The van der Waals surface area contributed by atoms with Crippen molar-refractivity contribution in [2.24, 2.45) is 4.99 Å². The predicted octanol–water partition coefficient (Wildman–Crippen LogP) is 4.16. The third kappa shape index (κ3) is 5.13. The number of hydrogen-bond acceptors (Lipinski definition) is 8. The Kier molecular flexibility index (Phi) is 7.52. The van der Waals surface area contributed by atoms with Gasteiger partial charge in [0.05, 0.1) is 40.6 Å². The summed E-state index contributed by atoms with van der Waals surface area (Å²) >= 11 is 1.20. The Balaban J connectivity index is 1.58. The van der Waals surface area contributed by atoms with Crippen molar-refractivity contribution in [3.05, 3.63) is 109 Å². The molecule has 204 valence electrons. The van der Waals surface area contributed by atoms with Crippen LogP contribution in [-0.4, -0.2) is 34.8 Å². The molecule has 0 spiro atoms. The summed E-state index contributed by atoms with van der Waals surface area (Å²) in [6.45, 7) is 6.07. The molecule has 0 aliphatic carbocycles. The third-order valence-electron chi connectivity index (χ3n) is 6.34. The largest absolute Gasteiger partial charge is 0.494 e. The first-order chi connectivity index (χ1) is 19.3. The number of benzene rings is 2. The highest BCUT2D eigenvalue weighted by Crippen LogP contribution is 2.31. The van der Waals surface area contributed by atoms with Crippen LogP contribution in [0.3, 0.4) is 0 Å². The first kappa shape index (κ1) is 26.9. The topological polar surface area (TPSA) is 120 Å². The van der Waals surface area contributed by atoms with Crippen LogP contribution in [0, 0.1) is 0 Å². The smallest absolute Gasteiger partial charge is 0.338 e.